The van der Waals surface area contributed by atoms with Gasteiger partial charge in [0, 0.05) is 13.0 Å². The van der Waals surface area contributed by atoms with Crippen LogP contribution in [0.1, 0.15) is 34.1 Å². The highest BCUT2D eigenvalue weighted by atomic mass is 16.5. The van der Waals surface area contributed by atoms with E-state index in [4.69, 9.17) is 14.6 Å². The molecule has 106 valence electrons. The fourth-order valence-corrected chi connectivity index (χ4v) is 2.23. The van der Waals surface area contributed by atoms with Crippen LogP contribution in [0.2, 0.25) is 0 Å². The topological polar surface area (TPSA) is 72.8 Å². The van der Waals surface area contributed by atoms with E-state index in [0.29, 0.717) is 0 Å². The monoisotopic (exact) mass is 260 g/mol. The summed E-state index contributed by atoms with van der Waals surface area (Å²) in [6.45, 7) is 7.46. The van der Waals surface area contributed by atoms with Gasteiger partial charge in [-0.3, -0.25) is 9.59 Å². The Balaban J connectivity index is 5.33. The minimum atomic E-state index is -0.943. The maximum atomic E-state index is 11.9. The van der Waals surface area contributed by atoms with Crippen molar-refractivity contribution in [1.82, 2.24) is 0 Å². The largest absolute Gasteiger partial charge is 0.481 e. The minimum Gasteiger partial charge on any atom is -0.481 e. The second-order valence-corrected chi connectivity index (χ2v) is 5.57. The third kappa shape index (κ3) is 4.64. The van der Waals surface area contributed by atoms with Gasteiger partial charge in [0.05, 0.1) is 25.6 Å². The number of hydrogen-bond donors (Lipinski definition) is 1. The van der Waals surface area contributed by atoms with E-state index in [1.165, 1.54) is 14.2 Å². The van der Waals surface area contributed by atoms with Crippen molar-refractivity contribution in [3.63, 3.8) is 0 Å². The Bertz CT molecular complexity index is 292. The Morgan fingerprint density at radius 2 is 1.72 bits per heavy atom. The lowest BCUT2D eigenvalue weighted by molar-refractivity contribution is -0.157. The molecule has 0 aromatic rings. The van der Waals surface area contributed by atoms with Crippen molar-refractivity contribution < 1.29 is 24.2 Å². The van der Waals surface area contributed by atoms with Crippen molar-refractivity contribution >= 4 is 11.9 Å². The molecule has 18 heavy (non-hydrogen) atoms. The predicted molar refractivity (Wildman–Crippen MR) is 67.2 cm³/mol. The third-order valence-corrected chi connectivity index (χ3v) is 3.20. The van der Waals surface area contributed by atoms with Gasteiger partial charge in [0.1, 0.15) is 0 Å². The molecule has 0 aromatic heterocycles. The summed E-state index contributed by atoms with van der Waals surface area (Å²) >= 11 is 0. The first-order chi connectivity index (χ1) is 8.15. The summed E-state index contributed by atoms with van der Waals surface area (Å²) in [6, 6.07) is 0. The molecule has 0 aliphatic rings. The first-order valence-electron chi connectivity index (χ1n) is 5.97. The van der Waals surface area contributed by atoms with Crippen LogP contribution in [-0.2, 0) is 19.1 Å². The summed E-state index contributed by atoms with van der Waals surface area (Å²) in [5, 5.41) is 8.99. The van der Waals surface area contributed by atoms with E-state index in [2.05, 4.69) is 0 Å². The van der Waals surface area contributed by atoms with Crippen LogP contribution < -0.4 is 0 Å². The second kappa shape index (κ2) is 6.73. The normalized spacial score (nSPS) is 16.8. The van der Waals surface area contributed by atoms with Crippen LogP contribution in [0, 0.1) is 17.3 Å². The van der Waals surface area contributed by atoms with Crippen molar-refractivity contribution in [2.75, 3.05) is 14.2 Å². The molecule has 3 atom stereocenters. The van der Waals surface area contributed by atoms with Crippen molar-refractivity contribution in [3.8, 4) is 0 Å². The molecule has 0 saturated heterocycles. The molecule has 0 aliphatic carbocycles. The van der Waals surface area contributed by atoms with Crippen LogP contribution in [0.5, 0.6) is 0 Å². The van der Waals surface area contributed by atoms with E-state index in [1.807, 2.05) is 20.8 Å². The SMILES string of the molecule is COC(=O)C(C(CC(=O)O)C(C)OC)C(C)(C)C. The summed E-state index contributed by atoms with van der Waals surface area (Å²) in [5.41, 5.74) is -0.389. The molecule has 0 amide bonds. The number of ether oxygens (including phenoxy) is 2. The van der Waals surface area contributed by atoms with E-state index < -0.39 is 23.8 Å². The van der Waals surface area contributed by atoms with Gasteiger partial charge in [-0.05, 0) is 12.3 Å². The molecule has 0 spiro atoms. The summed E-state index contributed by atoms with van der Waals surface area (Å²) < 4.78 is 10.0. The van der Waals surface area contributed by atoms with E-state index >= 15 is 0 Å². The maximum absolute atomic E-state index is 11.9. The lowest BCUT2D eigenvalue weighted by Gasteiger charge is -2.36. The quantitative estimate of drug-likeness (QED) is 0.739. The predicted octanol–water partition coefficient (Wildman–Crippen LogP) is 1.95. The number of carboxylic acid groups (broad SMARTS) is 1. The van der Waals surface area contributed by atoms with E-state index in [-0.39, 0.29) is 17.9 Å². The molecular weight excluding hydrogens is 236 g/mol. The van der Waals surface area contributed by atoms with Crippen LogP contribution in [0.4, 0.5) is 0 Å². The number of methoxy groups -OCH3 is 2. The average Bonchev–Trinajstić information content (AvgIpc) is 2.24. The lowest BCUT2D eigenvalue weighted by atomic mass is 9.70. The average molecular weight is 260 g/mol. The fraction of sp³-hybridized carbons (Fsp3) is 0.846. The van der Waals surface area contributed by atoms with E-state index in [9.17, 15) is 9.59 Å². The highest BCUT2D eigenvalue weighted by Gasteiger charge is 2.42. The number of carbonyl (C=O) groups excluding carboxylic acids is 1. The smallest absolute Gasteiger partial charge is 0.309 e. The summed E-state index contributed by atoms with van der Waals surface area (Å²) in [7, 11) is 2.83. The molecule has 1 N–H and O–H groups in total. The molecule has 0 aromatic carbocycles. The zero-order valence-electron chi connectivity index (χ0n) is 12.0. The second-order valence-electron chi connectivity index (χ2n) is 5.57. The Morgan fingerprint density at radius 3 is 2.00 bits per heavy atom. The number of esters is 1. The Morgan fingerprint density at radius 1 is 1.22 bits per heavy atom. The van der Waals surface area contributed by atoms with Crippen molar-refractivity contribution in [2.45, 2.75) is 40.2 Å². The van der Waals surface area contributed by atoms with Gasteiger partial charge in [-0.2, -0.15) is 0 Å². The molecule has 0 aliphatic heterocycles. The Kier molecular flexibility index (Phi) is 6.32. The Hall–Kier alpha value is -1.10. The van der Waals surface area contributed by atoms with Crippen LogP contribution in [-0.4, -0.2) is 37.4 Å². The van der Waals surface area contributed by atoms with Gasteiger partial charge in [0.25, 0.3) is 0 Å². The lowest BCUT2D eigenvalue weighted by Crippen LogP contribution is -2.42. The molecule has 0 saturated carbocycles. The van der Waals surface area contributed by atoms with Gasteiger partial charge in [0.2, 0.25) is 0 Å². The standard InChI is InChI=1S/C13H24O5/c1-8(17-5)9(7-10(14)15)11(12(16)18-6)13(2,3)4/h8-9,11H,7H2,1-6H3,(H,14,15). The molecule has 5 heteroatoms. The zero-order valence-corrected chi connectivity index (χ0v) is 12.0. The molecule has 0 radical (unpaired) electrons. The first kappa shape index (κ1) is 16.9. The van der Waals surface area contributed by atoms with Crippen LogP contribution in [0.25, 0.3) is 0 Å². The van der Waals surface area contributed by atoms with E-state index in [1.54, 1.807) is 6.92 Å². The van der Waals surface area contributed by atoms with Crippen LogP contribution >= 0.6 is 0 Å². The maximum Gasteiger partial charge on any atom is 0.309 e. The molecule has 0 bridgehead atoms. The minimum absolute atomic E-state index is 0.119. The van der Waals surface area contributed by atoms with Crippen LogP contribution in [0.15, 0.2) is 0 Å². The van der Waals surface area contributed by atoms with Crippen molar-refractivity contribution in [1.29, 1.82) is 0 Å². The van der Waals surface area contributed by atoms with Crippen molar-refractivity contribution in [3.05, 3.63) is 0 Å². The summed E-state index contributed by atoms with van der Waals surface area (Å²) in [6.07, 6.45) is -0.448. The third-order valence-electron chi connectivity index (χ3n) is 3.20. The van der Waals surface area contributed by atoms with E-state index in [0.717, 1.165) is 0 Å². The first-order valence-corrected chi connectivity index (χ1v) is 5.97. The van der Waals surface area contributed by atoms with Gasteiger partial charge in [-0.25, -0.2) is 0 Å². The number of hydrogen-bond acceptors (Lipinski definition) is 4. The van der Waals surface area contributed by atoms with Gasteiger partial charge in [-0.1, -0.05) is 20.8 Å². The molecule has 0 heterocycles. The zero-order chi connectivity index (χ0) is 14.5. The number of rotatable bonds is 6. The number of carboxylic acids is 1. The Labute approximate surface area is 108 Å². The van der Waals surface area contributed by atoms with Gasteiger partial charge in [-0.15, -0.1) is 0 Å². The molecule has 5 nitrogen and oxygen atoms in total. The van der Waals surface area contributed by atoms with Gasteiger partial charge in [0.15, 0.2) is 0 Å². The molecule has 0 fully saturated rings. The fourth-order valence-electron chi connectivity index (χ4n) is 2.23. The molecular formula is C13H24O5. The highest BCUT2D eigenvalue weighted by molar-refractivity contribution is 5.75. The van der Waals surface area contributed by atoms with Crippen molar-refractivity contribution in [2.24, 2.45) is 17.3 Å². The number of aliphatic carboxylic acids is 1. The van der Waals surface area contributed by atoms with Gasteiger partial charge >= 0.3 is 11.9 Å². The number of carbonyl (C=O) groups is 2. The summed E-state index contributed by atoms with van der Waals surface area (Å²) in [5.74, 6) is -2.27. The molecule has 0 rings (SSSR count). The summed E-state index contributed by atoms with van der Waals surface area (Å²) in [4.78, 5) is 22.9. The van der Waals surface area contributed by atoms with Crippen LogP contribution in [0.3, 0.4) is 0 Å². The molecule has 3 unspecified atom stereocenters. The highest BCUT2D eigenvalue weighted by Crippen LogP contribution is 2.37. The van der Waals surface area contributed by atoms with Gasteiger partial charge < -0.3 is 14.6 Å².